The molecule has 224 valence electrons. The van der Waals surface area contributed by atoms with Gasteiger partial charge in [-0.2, -0.15) is 0 Å². The van der Waals surface area contributed by atoms with E-state index in [4.69, 9.17) is 14.6 Å². The first-order chi connectivity index (χ1) is 20.9. The van der Waals surface area contributed by atoms with Gasteiger partial charge in [-0.3, -0.25) is 9.59 Å². The lowest BCUT2D eigenvalue weighted by molar-refractivity contribution is -0.245. The molecule has 3 atom stereocenters. The number of nitrogens with zero attached hydrogens (tertiary/aromatic N) is 2. The second kappa shape index (κ2) is 14.5. The number of carbonyl (C=O) groups excluding carboxylic acids is 1. The fourth-order valence-corrected chi connectivity index (χ4v) is 5.87. The Hall–Kier alpha value is -3.96. The van der Waals surface area contributed by atoms with Gasteiger partial charge in [0.25, 0.3) is 0 Å². The number of nitrogens with one attached hydrogen (secondary N) is 1. The molecule has 2 heterocycles. The Balaban J connectivity index is 1.33. The molecule has 1 aromatic heterocycles. The van der Waals surface area contributed by atoms with Crippen molar-refractivity contribution >= 4 is 23.6 Å². The van der Waals surface area contributed by atoms with Crippen LogP contribution < -0.4 is 5.32 Å². The Morgan fingerprint density at radius 2 is 1.74 bits per heavy atom. The molecule has 1 saturated heterocycles. The maximum Gasteiger partial charge on any atom is 0.303 e. The lowest BCUT2D eigenvalue weighted by Crippen LogP contribution is -2.31. The number of aliphatic carboxylic acids is 1. The number of amides is 1. The third-order valence-electron chi connectivity index (χ3n) is 7.26. The van der Waals surface area contributed by atoms with Crippen molar-refractivity contribution in [1.29, 1.82) is 0 Å². The van der Waals surface area contributed by atoms with E-state index in [1.807, 2.05) is 84.5 Å². The van der Waals surface area contributed by atoms with E-state index in [2.05, 4.69) is 16.4 Å². The van der Waals surface area contributed by atoms with Crippen molar-refractivity contribution in [3.05, 3.63) is 107 Å². The van der Waals surface area contributed by atoms with Gasteiger partial charge in [-0.05, 0) is 39.9 Å². The Labute approximate surface area is 254 Å². The summed E-state index contributed by atoms with van der Waals surface area (Å²) < 4.78 is 15.0. The molecule has 0 spiro atoms. The number of ether oxygens (including phenoxy) is 2. The first-order valence-corrected chi connectivity index (χ1v) is 15.1. The number of rotatable bonds is 12. The third-order valence-corrected chi connectivity index (χ3v) is 8.46. The quantitative estimate of drug-likeness (QED) is 0.185. The van der Waals surface area contributed by atoms with Gasteiger partial charge in [-0.15, -0.1) is 0 Å². The molecular weight excluding hydrogens is 566 g/mol. The maximum atomic E-state index is 12.0. The van der Waals surface area contributed by atoms with E-state index in [9.17, 15) is 14.7 Å². The average molecular weight is 602 g/mol. The molecule has 5 rings (SSSR count). The molecule has 0 radical (unpaired) electrons. The third kappa shape index (κ3) is 8.32. The monoisotopic (exact) mass is 601 g/mol. The number of aliphatic hydroxyl groups excluding tert-OH is 1. The molecule has 1 aliphatic heterocycles. The SMILES string of the molecule is Cn1ccnc1SC[C@@H]1C[C@H](c2ccc(CO)cc2)O[C@H](c2cccc(-c3cccc(CNC(=O)CCC(=O)O)c3)c2)O1. The lowest BCUT2D eigenvalue weighted by atomic mass is 9.99. The molecule has 1 aliphatic rings. The van der Waals surface area contributed by atoms with Gasteiger partial charge in [0.1, 0.15) is 0 Å². The van der Waals surface area contributed by atoms with E-state index in [1.54, 1.807) is 18.0 Å². The maximum absolute atomic E-state index is 12.0. The van der Waals surface area contributed by atoms with Crippen LogP contribution in [-0.2, 0) is 39.3 Å². The standard InChI is InChI=1S/C33H35N3O6S/c1-36-15-14-34-33(36)43-21-28-18-29(24-10-8-22(20-37)9-11-24)42-32(41-28)27-7-3-6-26(17-27)25-5-2-4-23(16-25)19-35-30(38)12-13-31(39)40/h2-11,14-17,28-29,32,37H,12-13,18-21H2,1H3,(H,35,38)(H,39,40)/t28-,29+,32+/m0/s1. The van der Waals surface area contributed by atoms with Gasteiger partial charge in [0.15, 0.2) is 11.4 Å². The van der Waals surface area contributed by atoms with E-state index in [0.717, 1.165) is 44.3 Å². The number of aryl methyl sites for hydroxylation is 1. The molecule has 10 heteroatoms. The summed E-state index contributed by atoms with van der Waals surface area (Å²) in [6, 6.07) is 23.8. The van der Waals surface area contributed by atoms with E-state index >= 15 is 0 Å². The zero-order valence-electron chi connectivity index (χ0n) is 23.9. The average Bonchev–Trinajstić information content (AvgIpc) is 3.46. The predicted molar refractivity (Wildman–Crippen MR) is 163 cm³/mol. The molecule has 1 amide bonds. The Morgan fingerprint density at radius 3 is 2.47 bits per heavy atom. The summed E-state index contributed by atoms with van der Waals surface area (Å²) >= 11 is 1.65. The minimum atomic E-state index is -0.993. The number of carbonyl (C=O) groups is 2. The van der Waals surface area contributed by atoms with Crippen LogP contribution in [0.1, 0.15) is 53.9 Å². The number of hydrogen-bond donors (Lipinski definition) is 3. The van der Waals surface area contributed by atoms with Gasteiger partial charge in [0.2, 0.25) is 5.91 Å². The van der Waals surface area contributed by atoms with Crippen molar-refractivity contribution in [3.8, 4) is 11.1 Å². The topological polar surface area (TPSA) is 123 Å². The molecule has 9 nitrogen and oxygen atoms in total. The number of carboxylic acid groups (broad SMARTS) is 1. The van der Waals surface area contributed by atoms with E-state index in [1.165, 1.54) is 0 Å². The highest BCUT2D eigenvalue weighted by atomic mass is 32.2. The fraction of sp³-hybridized carbons (Fsp3) is 0.303. The van der Waals surface area contributed by atoms with Gasteiger partial charge in [-0.1, -0.05) is 72.4 Å². The van der Waals surface area contributed by atoms with Gasteiger partial charge < -0.3 is 29.6 Å². The highest BCUT2D eigenvalue weighted by Gasteiger charge is 2.32. The van der Waals surface area contributed by atoms with E-state index < -0.39 is 12.3 Å². The zero-order chi connectivity index (χ0) is 30.2. The van der Waals surface area contributed by atoms with Crippen LogP contribution in [0.2, 0.25) is 0 Å². The molecule has 43 heavy (non-hydrogen) atoms. The first kappa shape index (κ1) is 30.5. The largest absolute Gasteiger partial charge is 0.481 e. The number of carboxylic acids is 1. The number of aliphatic hydroxyl groups is 1. The van der Waals surface area contributed by atoms with Crippen LogP contribution >= 0.6 is 11.8 Å². The summed E-state index contributed by atoms with van der Waals surface area (Å²) in [6.45, 7) is 0.304. The summed E-state index contributed by atoms with van der Waals surface area (Å²) in [4.78, 5) is 27.2. The number of imidazole rings is 1. The molecule has 0 bridgehead atoms. The van der Waals surface area contributed by atoms with Crippen molar-refractivity contribution in [3.63, 3.8) is 0 Å². The summed E-state index contributed by atoms with van der Waals surface area (Å²) in [5.74, 6) is -0.569. The van der Waals surface area contributed by atoms with Crippen LogP contribution in [0.4, 0.5) is 0 Å². The molecule has 3 N–H and O–H groups in total. The van der Waals surface area contributed by atoms with Crippen LogP contribution in [0.3, 0.4) is 0 Å². The van der Waals surface area contributed by atoms with Gasteiger partial charge >= 0.3 is 5.97 Å². The van der Waals surface area contributed by atoms with E-state index in [-0.39, 0.29) is 37.6 Å². The van der Waals surface area contributed by atoms with Gasteiger partial charge in [0, 0.05) is 50.1 Å². The number of thioether (sulfide) groups is 1. The van der Waals surface area contributed by atoms with Crippen LogP contribution in [0, 0.1) is 0 Å². The zero-order valence-corrected chi connectivity index (χ0v) is 24.7. The minimum Gasteiger partial charge on any atom is -0.481 e. The second-order valence-electron chi connectivity index (χ2n) is 10.5. The van der Waals surface area contributed by atoms with Gasteiger partial charge in [0.05, 0.1) is 25.2 Å². The number of benzene rings is 3. The normalized spacial score (nSPS) is 18.3. The molecule has 0 saturated carbocycles. The molecule has 1 fully saturated rings. The van der Waals surface area contributed by atoms with Crippen LogP contribution in [-0.4, -0.2) is 43.5 Å². The fourth-order valence-electron chi connectivity index (χ4n) is 4.92. The highest BCUT2D eigenvalue weighted by molar-refractivity contribution is 7.99. The first-order valence-electron chi connectivity index (χ1n) is 14.2. The highest BCUT2D eigenvalue weighted by Crippen LogP contribution is 2.40. The van der Waals surface area contributed by atoms with Crippen LogP contribution in [0.15, 0.2) is 90.3 Å². The summed E-state index contributed by atoms with van der Waals surface area (Å²) in [5.41, 5.74) is 5.66. The molecule has 0 aliphatic carbocycles. The van der Waals surface area contributed by atoms with E-state index in [0.29, 0.717) is 13.0 Å². The molecule has 3 aromatic carbocycles. The van der Waals surface area contributed by atoms with Crippen molar-refractivity contribution in [2.75, 3.05) is 5.75 Å². The van der Waals surface area contributed by atoms with Crippen LogP contribution in [0.25, 0.3) is 11.1 Å². The van der Waals surface area contributed by atoms with Crippen molar-refractivity contribution in [2.45, 2.75) is 56.1 Å². The van der Waals surface area contributed by atoms with Crippen molar-refractivity contribution in [2.24, 2.45) is 7.05 Å². The Morgan fingerprint density at radius 1 is 0.977 bits per heavy atom. The Kier molecular flexibility index (Phi) is 10.3. The van der Waals surface area contributed by atoms with Gasteiger partial charge in [-0.25, -0.2) is 4.98 Å². The molecular formula is C33H35N3O6S. The molecule has 4 aromatic rings. The van der Waals surface area contributed by atoms with Crippen molar-refractivity contribution in [1.82, 2.24) is 14.9 Å². The summed E-state index contributed by atoms with van der Waals surface area (Å²) in [7, 11) is 1.97. The summed E-state index contributed by atoms with van der Waals surface area (Å²) in [6.07, 6.45) is 3.31. The van der Waals surface area contributed by atoms with Crippen molar-refractivity contribution < 1.29 is 29.3 Å². The second-order valence-corrected chi connectivity index (χ2v) is 11.5. The number of aromatic nitrogens is 2. The minimum absolute atomic E-state index is 0.00838. The molecule has 0 unspecified atom stereocenters. The lowest BCUT2D eigenvalue weighted by Gasteiger charge is -2.36. The summed E-state index contributed by atoms with van der Waals surface area (Å²) in [5, 5.41) is 22.0. The van der Waals surface area contributed by atoms with Crippen LogP contribution in [0.5, 0.6) is 0 Å². The Bertz CT molecular complexity index is 1540. The smallest absolute Gasteiger partial charge is 0.303 e. The predicted octanol–water partition coefficient (Wildman–Crippen LogP) is 5.40. The number of hydrogen-bond acceptors (Lipinski definition) is 7.